The summed E-state index contributed by atoms with van der Waals surface area (Å²) >= 11 is 0. The van der Waals surface area contributed by atoms with Gasteiger partial charge in [0.15, 0.2) is 0 Å². The van der Waals surface area contributed by atoms with Gasteiger partial charge < -0.3 is 0 Å². The highest BCUT2D eigenvalue weighted by Crippen LogP contribution is 2.05. The van der Waals surface area contributed by atoms with Gasteiger partial charge in [0.1, 0.15) is 6.33 Å². The van der Waals surface area contributed by atoms with E-state index in [9.17, 15) is 0 Å². The van der Waals surface area contributed by atoms with E-state index in [1.54, 1.807) is 0 Å². The molecule has 0 spiro atoms. The van der Waals surface area contributed by atoms with Crippen LogP contribution in [0.5, 0.6) is 0 Å². The lowest BCUT2D eigenvalue weighted by Crippen LogP contribution is -1.98. The number of imidazole rings is 1. The smallest absolute Gasteiger partial charge is 0.115 e. The van der Waals surface area contributed by atoms with Crippen LogP contribution in [0.15, 0.2) is 18.6 Å². The van der Waals surface area contributed by atoms with E-state index in [2.05, 4.69) is 22.7 Å². The molecule has 0 aliphatic carbocycles. The summed E-state index contributed by atoms with van der Waals surface area (Å²) in [4.78, 5) is 4.01. The molecule has 10 heavy (non-hydrogen) atoms. The van der Waals surface area contributed by atoms with Gasteiger partial charge in [0, 0.05) is 12.7 Å². The summed E-state index contributed by atoms with van der Waals surface area (Å²) < 4.78 is 4.07. The fourth-order valence-corrected chi connectivity index (χ4v) is 1.13. The van der Waals surface area contributed by atoms with Crippen LogP contribution in [0.3, 0.4) is 0 Å². The van der Waals surface area contributed by atoms with Crippen LogP contribution in [0.1, 0.15) is 5.69 Å². The quantitative estimate of drug-likeness (QED) is 0.528. The van der Waals surface area contributed by atoms with Crippen molar-refractivity contribution in [3.63, 3.8) is 0 Å². The van der Waals surface area contributed by atoms with Gasteiger partial charge in [-0.1, -0.05) is 0 Å². The van der Waals surface area contributed by atoms with Crippen molar-refractivity contribution in [2.45, 2.75) is 6.92 Å². The lowest BCUT2D eigenvalue weighted by Gasteiger charge is -1.95. The average molecular weight is 135 g/mol. The topological polar surface area (TPSA) is 22.2 Å². The van der Waals surface area contributed by atoms with E-state index in [0.29, 0.717) is 0 Å². The van der Waals surface area contributed by atoms with E-state index in [-0.39, 0.29) is 0 Å². The van der Waals surface area contributed by atoms with Crippen molar-refractivity contribution in [1.82, 2.24) is 14.2 Å². The van der Waals surface area contributed by atoms with E-state index in [1.165, 1.54) is 5.69 Å². The molecule has 0 saturated heterocycles. The fraction of sp³-hybridized carbons (Fsp3) is 0.286. The van der Waals surface area contributed by atoms with Crippen molar-refractivity contribution in [1.29, 1.82) is 0 Å². The Morgan fingerprint density at radius 3 is 3.00 bits per heavy atom. The minimum absolute atomic E-state index is 1.15. The van der Waals surface area contributed by atoms with Crippen LogP contribution in [-0.4, -0.2) is 14.2 Å². The SMILES string of the molecule is Cc1cc2cncn2n1C. The van der Waals surface area contributed by atoms with Gasteiger partial charge in [0.2, 0.25) is 0 Å². The Labute approximate surface area is 58.9 Å². The second kappa shape index (κ2) is 1.62. The van der Waals surface area contributed by atoms with Crippen molar-refractivity contribution in [3.05, 3.63) is 24.3 Å². The van der Waals surface area contributed by atoms with Crippen LogP contribution in [0, 0.1) is 6.92 Å². The van der Waals surface area contributed by atoms with Crippen LogP contribution in [0.4, 0.5) is 0 Å². The zero-order valence-electron chi connectivity index (χ0n) is 6.07. The molecular weight excluding hydrogens is 126 g/mol. The molecule has 2 aromatic heterocycles. The highest BCUT2D eigenvalue weighted by atomic mass is 15.4. The predicted molar refractivity (Wildman–Crippen MR) is 38.9 cm³/mol. The first-order valence-corrected chi connectivity index (χ1v) is 3.24. The lowest BCUT2D eigenvalue weighted by molar-refractivity contribution is 0.681. The molecule has 0 saturated carbocycles. The zero-order valence-corrected chi connectivity index (χ0v) is 6.07. The maximum absolute atomic E-state index is 4.01. The number of aromatic nitrogens is 3. The number of nitrogens with zero attached hydrogens (tertiary/aromatic N) is 3. The van der Waals surface area contributed by atoms with Crippen molar-refractivity contribution in [3.8, 4) is 0 Å². The van der Waals surface area contributed by atoms with E-state index >= 15 is 0 Å². The third-order valence-corrected chi connectivity index (χ3v) is 1.84. The number of hydrogen-bond donors (Lipinski definition) is 0. The van der Waals surface area contributed by atoms with Crippen molar-refractivity contribution in [2.24, 2.45) is 7.05 Å². The largest absolute Gasteiger partial charge is 0.287 e. The Morgan fingerprint density at radius 2 is 2.30 bits per heavy atom. The second-order valence-corrected chi connectivity index (χ2v) is 2.47. The number of fused-ring (bicyclic) bond motifs is 1. The van der Waals surface area contributed by atoms with Crippen molar-refractivity contribution in [2.75, 3.05) is 0 Å². The van der Waals surface area contributed by atoms with Gasteiger partial charge in [-0.05, 0) is 13.0 Å². The molecule has 0 unspecified atom stereocenters. The molecule has 0 aliphatic rings. The highest BCUT2D eigenvalue weighted by molar-refractivity contribution is 5.45. The monoisotopic (exact) mass is 135 g/mol. The van der Waals surface area contributed by atoms with Crippen LogP contribution in [0.25, 0.3) is 5.52 Å². The average Bonchev–Trinajstić information content (AvgIpc) is 2.41. The molecule has 0 N–H and O–H groups in total. The molecule has 0 fully saturated rings. The molecule has 0 aromatic carbocycles. The van der Waals surface area contributed by atoms with Crippen molar-refractivity contribution < 1.29 is 0 Å². The van der Waals surface area contributed by atoms with Gasteiger partial charge in [-0.15, -0.1) is 0 Å². The van der Waals surface area contributed by atoms with E-state index in [0.717, 1.165) is 5.52 Å². The van der Waals surface area contributed by atoms with E-state index < -0.39 is 0 Å². The van der Waals surface area contributed by atoms with Crippen LogP contribution >= 0.6 is 0 Å². The van der Waals surface area contributed by atoms with Gasteiger partial charge in [-0.2, -0.15) is 0 Å². The highest BCUT2D eigenvalue weighted by Gasteiger charge is 1.98. The first kappa shape index (κ1) is 5.53. The Balaban J connectivity index is 2.95. The van der Waals surface area contributed by atoms with E-state index in [1.807, 2.05) is 24.1 Å². The summed E-state index contributed by atoms with van der Waals surface area (Å²) in [7, 11) is 2.02. The molecular formula is C7H9N3. The summed E-state index contributed by atoms with van der Waals surface area (Å²) in [6.45, 7) is 2.08. The maximum atomic E-state index is 4.01. The molecule has 0 amide bonds. The molecule has 2 rings (SSSR count). The van der Waals surface area contributed by atoms with E-state index in [4.69, 9.17) is 0 Å². The van der Waals surface area contributed by atoms with Crippen LogP contribution in [-0.2, 0) is 7.05 Å². The number of rotatable bonds is 0. The third kappa shape index (κ3) is 0.518. The molecule has 3 heteroatoms. The number of aryl methyl sites for hydroxylation is 2. The summed E-state index contributed by atoms with van der Waals surface area (Å²) in [5, 5.41) is 0. The summed E-state index contributed by atoms with van der Waals surface area (Å²) in [5.41, 5.74) is 2.40. The molecule has 0 atom stereocenters. The minimum Gasteiger partial charge on any atom is -0.287 e. The Morgan fingerprint density at radius 1 is 1.50 bits per heavy atom. The van der Waals surface area contributed by atoms with Crippen LogP contribution in [0.2, 0.25) is 0 Å². The molecule has 52 valence electrons. The van der Waals surface area contributed by atoms with Gasteiger partial charge >= 0.3 is 0 Å². The van der Waals surface area contributed by atoms with Gasteiger partial charge in [0.05, 0.1) is 11.7 Å². The van der Waals surface area contributed by atoms with Crippen LogP contribution < -0.4 is 0 Å². The third-order valence-electron chi connectivity index (χ3n) is 1.84. The number of hydrogen-bond acceptors (Lipinski definition) is 1. The molecule has 2 aromatic rings. The first-order chi connectivity index (χ1) is 4.79. The molecule has 0 aliphatic heterocycles. The summed E-state index contributed by atoms with van der Waals surface area (Å²) in [6, 6.07) is 2.10. The molecule has 3 nitrogen and oxygen atoms in total. The summed E-state index contributed by atoms with van der Waals surface area (Å²) in [5.74, 6) is 0. The molecule has 2 heterocycles. The molecule has 0 bridgehead atoms. The predicted octanol–water partition coefficient (Wildman–Crippen LogP) is 0.981. The first-order valence-electron chi connectivity index (χ1n) is 3.24. The Bertz CT molecular complexity index is 356. The van der Waals surface area contributed by atoms with Gasteiger partial charge in [-0.3, -0.25) is 4.68 Å². The van der Waals surface area contributed by atoms with Gasteiger partial charge in [0.25, 0.3) is 0 Å². The second-order valence-electron chi connectivity index (χ2n) is 2.47. The lowest BCUT2D eigenvalue weighted by atomic mass is 10.4. The van der Waals surface area contributed by atoms with Gasteiger partial charge in [-0.25, -0.2) is 9.50 Å². The molecule has 0 radical (unpaired) electrons. The zero-order chi connectivity index (χ0) is 7.14. The fourth-order valence-electron chi connectivity index (χ4n) is 1.13. The Kier molecular flexibility index (Phi) is 0.897. The summed E-state index contributed by atoms with van der Waals surface area (Å²) in [6.07, 6.45) is 3.66. The normalized spacial score (nSPS) is 11.0. The standard InChI is InChI=1S/C7H9N3/c1-6-3-7-4-8-5-10(7)9(6)2/h3-5H,1-2H3. The van der Waals surface area contributed by atoms with Crippen molar-refractivity contribution >= 4 is 5.52 Å². The minimum atomic E-state index is 1.15. The maximum Gasteiger partial charge on any atom is 0.115 e. The Hall–Kier alpha value is -1.25.